The normalized spacial score (nSPS) is 10.7. The molecule has 0 radical (unpaired) electrons. The highest BCUT2D eigenvalue weighted by Crippen LogP contribution is 2.27. The molecule has 0 aliphatic heterocycles. The number of rotatable bonds is 8. The van der Waals surface area contributed by atoms with Crippen LogP contribution >= 0.6 is 0 Å². The van der Waals surface area contributed by atoms with Gasteiger partial charge in [-0.1, -0.05) is 78.9 Å². The first kappa shape index (κ1) is 22.9. The van der Waals surface area contributed by atoms with E-state index < -0.39 is 11.9 Å². The molecule has 0 aromatic heterocycles. The second kappa shape index (κ2) is 10.6. The number of carbonyl (C=O) groups excluding carboxylic acids is 2. The minimum absolute atomic E-state index is 0.282. The zero-order valence-electron chi connectivity index (χ0n) is 19.3. The molecular formula is C30H22O6. The Labute approximate surface area is 207 Å². The van der Waals surface area contributed by atoms with Crippen LogP contribution in [-0.4, -0.2) is 25.2 Å². The van der Waals surface area contributed by atoms with E-state index in [1.807, 2.05) is 72.8 Å². The van der Waals surface area contributed by atoms with Gasteiger partial charge in [0.25, 0.3) is 0 Å². The molecule has 6 heteroatoms. The molecule has 5 aromatic carbocycles. The molecule has 0 fully saturated rings. The van der Waals surface area contributed by atoms with Gasteiger partial charge in [-0.2, -0.15) is 0 Å². The molecule has 0 unspecified atom stereocenters. The molecule has 0 atom stereocenters. The number of ether oxygens (including phenoxy) is 4. The Morgan fingerprint density at radius 1 is 0.500 bits per heavy atom. The summed E-state index contributed by atoms with van der Waals surface area (Å²) >= 11 is 0. The maximum atomic E-state index is 12.4. The van der Waals surface area contributed by atoms with Gasteiger partial charge in [0.05, 0.1) is 0 Å². The van der Waals surface area contributed by atoms with Crippen LogP contribution in [-0.2, 0) is 9.59 Å². The van der Waals surface area contributed by atoms with E-state index in [2.05, 4.69) is 0 Å². The first-order chi connectivity index (χ1) is 17.7. The zero-order valence-corrected chi connectivity index (χ0v) is 19.3. The van der Waals surface area contributed by atoms with Gasteiger partial charge in [-0.25, -0.2) is 9.59 Å². The van der Waals surface area contributed by atoms with Crippen molar-refractivity contribution in [3.8, 4) is 23.0 Å². The third-order valence-corrected chi connectivity index (χ3v) is 5.47. The number of fused-ring (bicyclic) bond motifs is 2. The second-order valence-electron chi connectivity index (χ2n) is 7.95. The molecule has 5 rings (SSSR count). The van der Waals surface area contributed by atoms with E-state index >= 15 is 0 Å². The van der Waals surface area contributed by atoms with Crippen molar-refractivity contribution in [3.63, 3.8) is 0 Å². The van der Waals surface area contributed by atoms with Crippen molar-refractivity contribution >= 4 is 33.5 Å². The molecule has 0 bridgehead atoms. The van der Waals surface area contributed by atoms with E-state index in [9.17, 15) is 9.59 Å². The van der Waals surface area contributed by atoms with Crippen LogP contribution in [0.25, 0.3) is 21.5 Å². The molecule has 6 nitrogen and oxygen atoms in total. The van der Waals surface area contributed by atoms with Gasteiger partial charge in [0.1, 0.15) is 23.0 Å². The van der Waals surface area contributed by atoms with Gasteiger partial charge < -0.3 is 18.9 Å². The van der Waals surface area contributed by atoms with Gasteiger partial charge in [0.2, 0.25) is 0 Å². The number of esters is 2. The summed E-state index contributed by atoms with van der Waals surface area (Å²) in [5, 5.41) is 3.65. The summed E-state index contributed by atoms with van der Waals surface area (Å²) in [5.41, 5.74) is 0. The Kier molecular flexibility index (Phi) is 6.76. The van der Waals surface area contributed by atoms with E-state index in [0.717, 1.165) is 21.5 Å². The maximum absolute atomic E-state index is 12.4. The van der Waals surface area contributed by atoms with Gasteiger partial charge in [-0.05, 0) is 35.0 Å². The molecule has 0 aliphatic carbocycles. The Morgan fingerprint density at radius 3 is 1.42 bits per heavy atom. The van der Waals surface area contributed by atoms with Crippen LogP contribution in [0, 0.1) is 0 Å². The number of hydrogen-bond donors (Lipinski definition) is 0. The number of benzene rings is 5. The van der Waals surface area contributed by atoms with Crippen molar-refractivity contribution in [2.24, 2.45) is 0 Å². The molecule has 178 valence electrons. The quantitative estimate of drug-likeness (QED) is 0.202. The molecule has 0 saturated carbocycles. The van der Waals surface area contributed by atoms with Crippen molar-refractivity contribution in [1.82, 2.24) is 0 Å². The smallest absolute Gasteiger partial charge is 0.349 e. The van der Waals surface area contributed by atoms with Crippen LogP contribution in [0.15, 0.2) is 109 Å². The van der Waals surface area contributed by atoms with Crippen LogP contribution in [0.4, 0.5) is 0 Å². The van der Waals surface area contributed by atoms with Crippen LogP contribution in [0.2, 0.25) is 0 Å². The van der Waals surface area contributed by atoms with Crippen molar-refractivity contribution in [1.29, 1.82) is 0 Å². The van der Waals surface area contributed by atoms with Gasteiger partial charge >= 0.3 is 11.9 Å². The minimum Gasteiger partial charge on any atom is -0.482 e. The lowest BCUT2D eigenvalue weighted by Crippen LogP contribution is -2.18. The van der Waals surface area contributed by atoms with Crippen LogP contribution in [0.1, 0.15) is 0 Å². The summed E-state index contributed by atoms with van der Waals surface area (Å²) in [4.78, 5) is 24.7. The average molecular weight is 479 g/mol. The summed E-state index contributed by atoms with van der Waals surface area (Å²) < 4.78 is 22.1. The first-order valence-electron chi connectivity index (χ1n) is 11.4. The van der Waals surface area contributed by atoms with Crippen molar-refractivity contribution < 1.29 is 28.5 Å². The highest BCUT2D eigenvalue weighted by Gasteiger charge is 2.11. The SMILES string of the molecule is O=C(COc1cccc(OCC(=O)Oc2cccc3ccccc23)c1)Oc1cccc2ccccc12. The molecule has 5 aromatic rings. The maximum Gasteiger partial charge on any atom is 0.349 e. The molecule has 36 heavy (non-hydrogen) atoms. The Bertz CT molecular complexity index is 1420. The third kappa shape index (κ3) is 5.45. The van der Waals surface area contributed by atoms with Gasteiger partial charge in [-0.15, -0.1) is 0 Å². The largest absolute Gasteiger partial charge is 0.482 e. The second-order valence-corrected chi connectivity index (χ2v) is 7.95. The average Bonchev–Trinajstić information content (AvgIpc) is 2.91. The lowest BCUT2D eigenvalue weighted by Gasteiger charge is -2.11. The van der Waals surface area contributed by atoms with Crippen LogP contribution < -0.4 is 18.9 Å². The predicted octanol–water partition coefficient (Wildman–Crippen LogP) is 5.96. The summed E-state index contributed by atoms with van der Waals surface area (Å²) in [5.74, 6) is 0.703. The number of carbonyl (C=O) groups is 2. The molecule has 0 amide bonds. The molecule has 0 spiro atoms. The lowest BCUT2D eigenvalue weighted by molar-refractivity contribution is -0.137. The summed E-state index contributed by atoms with van der Waals surface area (Å²) in [6, 6.07) is 33.0. The fraction of sp³-hybridized carbons (Fsp3) is 0.0667. The van der Waals surface area contributed by atoms with Crippen molar-refractivity contribution in [2.75, 3.05) is 13.2 Å². The molecule has 0 heterocycles. The zero-order chi connectivity index (χ0) is 24.7. The monoisotopic (exact) mass is 478 g/mol. The summed E-state index contributed by atoms with van der Waals surface area (Å²) in [7, 11) is 0. The fourth-order valence-corrected chi connectivity index (χ4v) is 3.81. The van der Waals surface area contributed by atoms with Gasteiger partial charge in [0, 0.05) is 16.8 Å². The fourth-order valence-electron chi connectivity index (χ4n) is 3.81. The first-order valence-corrected chi connectivity index (χ1v) is 11.4. The molecular weight excluding hydrogens is 456 g/mol. The Hall–Kier alpha value is -4.84. The molecule has 0 aliphatic rings. The summed E-state index contributed by atoms with van der Waals surface area (Å²) in [6.45, 7) is -0.564. The van der Waals surface area contributed by atoms with Crippen LogP contribution in [0.3, 0.4) is 0 Å². The van der Waals surface area contributed by atoms with E-state index in [0.29, 0.717) is 23.0 Å². The van der Waals surface area contributed by atoms with Crippen molar-refractivity contribution in [3.05, 3.63) is 109 Å². The predicted molar refractivity (Wildman–Crippen MR) is 137 cm³/mol. The Morgan fingerprint density at radius 2 is 0.917 bits per heavy atom. The topological polar surface area (TPSA) is 71.1 Å². The van der Waals surface area contributed by atoms with E-state index in [4.69, 9.17) is 18.9 Å². The van der Waals surface area contributed by atoms with Crippen molar-refractivity contribution in [2.45, 2.75) is 0 Å². The number of hydrogen-bond acceptors (Lipinski definition) is 6. The highest BCUT2D eigenvalue weighted by atomic mass is 16.6. The van der Waals surface area contributed by atoms with E-state index in [1.165, 1.54) is 0 Å². The van der Waals surface area contributed by atoms with Gasteiger partial charge in [0.15, 0.2) is 13.2 Å². The third-order valence-electron chi connectivity index (χ3n) is 5.47. The molecule has 0 saturated heterocycles. The standard InChI is InChI=1S/C30H22O6/c31-29(35-27-16-5-10-21-8-1-3-14-25(21)27)19-33-23-12-7-13-24(18-23)34-20-30(32)36-28-17-6-11-22-9-2-4-15-26(22)28/h1-18H,19-20H2. The highest BCUT2D eigenvalue weighted by molar-refractivity contribution is 5.91. The van der Waals surface area contributed by atoms with Gasteiger partial charge in [-0.3, -0.25) is 0 Å². The van der Waals surface area contributed by atoms with E-state index in [1.54, 1.807) is 36.4 Å². The van der Waals surface area contributed by atoms with Crippen LogP contribution in [0.5, 0.6) is 23.0 Å². The van der Waals surface area contributed by atoms with E-state index in [-0.39, 0.29) is 13.2 Å². The lowest BCUT2D eigenvalue weighted by atomic mass is 10.1. The Balaban J connectivity index is 1.15. The summed E-state index contributed by atoms with van der Waals surface area (Å²) in [6.07, 6.45) is 0. The molecule has 0 N–H and O–H groups in total. The minimum atomic E-state index is -0.531.